The molecule has 382 valence electrons. The van der Waals surface area contributed by atoms with E-state index in [0.29, 0.717) is 32.1 Å². The van der Waals surface area contributed by atoms with Crippen LogP contribution >= 0.6 is 0 Å². The molecule has 4 aliphatic heterocycles. The Hall–Kier alpha value is -1.72. The van der Waals surface area contributed by atoms with Gasteiger partial charge >= 0.3 is 5.97 Å². The standard InChI is InChI=1S/C49H78O18/c1-23-42(54)35(57-9)21-41(59-23)66-44-25(3)60-38(19-33(44)52)65-43-24(2)61-39(20-34(43)53)67-45-26(4)62-40(22-36(45)58-10)64-30-13-14-46(7)29(17-30)11-12-31-32(46)18-37(63-28(6)51)47(8)48(55,27(5)50)15-16-49(31,47)56/h11,23-26,30-45,52-56H,12-22H2,1-10H3. The predicted molar refractivity (Wildman–Crippen MR) is 235 cm³/mol. The lowest BCUT2D eigenvalue weighted by atomic mass is 9.44. The van der Waals surface area contributed by atoms with Crippen molar-refractivity contribution >= 4 is 11.8 Å². The van der Waals surface area contributed by atoms with Gasteiger partial charge in [0.2, 0.25) is 0 Å². The molecule has 0 bridgehead atoms. The molecule has 0 radical (unpaired) electrons. The quantitative estimate of drug-likeness (QED) is 0.140. The molecular formula is C49H78O18. The largest absolute Gasteiger partial charge is 0.462 e. The number of rotatable bonds is 12. The molecule has 4 aliphatic carbocycles. The number of aliphatic hydroxyl groups is 5. The summed E-state index contributed by atoms with van der Waals surface area (Å²) in [5.74, 6) is -1.20. The second-order valence-corrected chi connectivity index (χ2v) is 21.5. The molecule has 67 heavy (non-hydrogen) atoms. The highest BCUT2D eigenvalue weighted by atomic mass is 16.8. The van der Waals surface area contributed by atoms with E-state index in [-0.39, 0.29) is 49.0 Å². The van der Waals surface area contributed by atoms with E-state index in [2.05, 4.69) is 13.0 Å². The summed E-state index contributed by atoms with van der Waals surface area (Å²) in [7, 11) is 3.15. The van der Waals surface area contributed by atoms with Crippen LogP contribution in [-0.4, -0.2) is 173 Å². The van der Waals surface area contributed by atoms with E-state index in [0.717, 1.165) is 12.8 Å². The topological polar surface area (TPSA) is 237 Å². The Balaban J connectivity index is 0.836. The molecule has 4 heterocycles. The van der Waals surface area contributed by atoms with Crippen LogP contribution in [0.2, 0.25) is 0 Å². The summed E-state index contributed by atoms with van der Waals surface area (Å²) in [5.41, 5.74) is -3.65. The number of hydrogen-bond acceptors (Lipinski definition) is 18. The highest BCUT2D eigenvalue weighted by Gasteiger charge is 2.76. The molecule has 4 saturated heterocycles. The molecule has 18 heteroatoms. The van der Waals surface area contributed by atoms with Crippen molar-refractivity contribution in [3.63, 3.8) is 0 Å². The summed E-state index contributed by atoms with van der Waals surface area (Å²) in [6, 6.07) is 0. The fraction of sp³-hybridized carbons (Fsp3) is 0.918. The van der Waals surface area contributed by atoms with Gasteiger partial charge in [0.1, 0.15) is 36.1 Å². The summed E-state index contributed by atoms with van der Waals surface area (Å²) in [4.78, 5) is 25.5. The second-order valence-electron chi connectivity index (χ2n) is 21.5. The maximum absolute atomic E-state index is 13.0. The molecule has 0 amide bonds. The average molecular weight is 955 g/mol. The number of carbonyl (C=O) groups is 2. The van der Waals surface area contributed by atoms with Crippen molar-refractivity contribution in [3.8, 4) is 0 Å². The van der Waals surface area contributed by atoms with Gasteiger partial charge in [0.25, 0.3) is 0 Å². The molecule has 0 aromatic carbocycles. The lowest BCUT2D eigenvalue weighted by Crippen LogP contribution is -2.71. The number of carbonyl (C=O) groups excluding carboxylic acids is 2. The summed E-state index contributed by atoms with van der Waals surface area (Å²) in [5, 5.41) is 57.3. The van der Waals surface area contributed by atoms with E-state index in [1.165, 1.54) is 26.5 Å². The number of ether oxygens (including phenoxy) is 11. The maximum atomic E-state index is 13.0. The third-order valence-corrected chi connectivity index (χ3v) is 17.8. The summed E-state index contributed by atoms with van der Waals surface area (Å²) in [6.07, 6.45) is -4.92. The van der Waals surface area contributed by atoms with Crippen LogP contribution in [0, 0.1) is 22.7 Å². The second kappa shape index (κ2) is 19.7. The first-order valence-electron chi connectivity index (χ1n) is 24.7. The number of ketones is 1. The van der Waals surface area contributed by atoms with Gasteiger partial charge in [0, 0.05) is 46.8 Å². The SMILES string of the molecule is COC1CC(OC2C(O)CC(OC3C(O)CC(OC4C(C)OC(OC5CCC6(C)C(=CCC7C6CC(OC(C)=O)C6(C)C(O)(C(C)=O)CCC76O)C5)CC4OC)OC3C)OC2C)OC(C)C1O. The van der Waals surface area contributed by atoms with E-state index in [1.807, 2.05) is 6.92 Å². The monoisotopic (exact) mass is 955 g/mol. The Morgan fingerprint density at radius 3 is 1.73 bits per heavy atom. The van der Waals surface area contributed by atoms with Gasteiger partial charge < -0.3 is 77.6 Å². The van der Waals surface area contributed by atoms with Gasteiger partial charge in [-0.1, -0.05) is 25.5 Å². The molecule has 8 rings (SSSR count). The third kappa shape index (κ3) is 9.24. The van der Waals surface area contributed by atoms with E-state index in [1.54, 1.807) is 34.8 Å². The molecule has 0 aromatic heterocycles. The molecule has 18 nitrogen and oxygen atoms in total. The Labute approximate surface area is 394 Å². The Kier molecular flexibility index (Phi) is 15.2. The summed E-state index contributed by atoms with van der Waals surface area (Å²) >= 11 is 0. The van der Waals surface area contributed by atoms with Crippen LogP contribution in [0.5, 0.6) is 0 Å². The lowest BCUT2D eigenvalue weighted by molar-refractivity contribution is -0.345. The normalized spacial score (nSPS) is 52.3. The molecular weight excluding hydrogens is 877 g/mol. The molecule has 0 aromatic rings. The molecule has 0 spiro atoms. The van der Waals surface area contributed by atoms with Crippen molar-refractivity contribution in [2.45, 2.75) is 248 Å². The first kappa shape index (κ1) is 51.6. The third-order valence-electron chi connectivity index (χ3n) is 17.8. The van der Waals surface area contributed by atoms with Gasteiger partial charge in [-0.3, -0.25) is 9.59 Å². The van der Waals surface area contributed by atoms with Crippen LogP contribution in [0.15, 0.2) is 11.6 Å². The zero-order valence-electron chi connectivity index (χ0n) is 40.9. The van der Waals surface area contributed by atoms with Crippen LogP contribution < -0.4 is 0 Å². The summed E-state index contributed by atoms with van der Waals surface area (Å²) < 4.78 is 67.6. The number of aliphatic hydroxyl groups excluding tert-OH is 3. The van der Waals surface area contributed by atoms with Crippen molar-refractivity contribution in [2.24, 2.45) is 22.7 Å². The smallest absolute Gasteiger partial charge is 0.302 e. The van der Waals surface area contributed by atoms with Gasteiger partial charge in [0.05, 0.1) is 66.0 Å². The molecule has 24 atom stereocenters. The number of hydrogen-bond donors (Lipinski definition) is 5. The number of allylic oxidation sites excluding steroid dienone is 1. The fourth-order valence-electron chi connectivity index (χ4n) is 13.8. The molecule has 8 aliphatic rings. The van der Waals surface area contributed by atoms with Crippen LogP contribution in [0.3, 0.4) is 0 Å². The zero-order chi connectivity index (χ0) is 48.5. The van der Waals surface area contributed by atoms with Crippen LogP contribution in [-0.2, 0) is 61.7 Å². The van der Waals surface area contributed by atoms with Crippen molar-refractivity contribution in [2.75, 3.05) is 14.2 Å². The first-order valence-corrected chi connectivity index (χ1v) is 24.7. The Bertz CT molecular complexity index is 1780. The summed E-state index contributed by atoms with van der Waals surface area (Å²) in [6.45, 7) is 13.9. The van der Waals surface area contributed by atoms with E-state index in [9.17, 15) is 35.1 Å². The predicted octanol–water partition coefficient (Wildman–Crippen LogP) is 3.12. The number of methoxy groups -OCH3 is 2. The Morgan fingerprint density at radius 1 is 0.657 bits per heavy atom. The molecule has 24 unspecified atom stereocenters. The van der Waals surface area contributed by atoms with Gasteiger partial charge in [-0.25, -0.2) is 0 Å². The average Bonchev–Trinajstić information content (AvgIpc) is 3.49. The first-order chi connectivity index (χ1) is 31.6. The van der Waals surface area contributed by atoms with Crippen molar-refractivity contribution in [1.82, 2.24) is 0 Å². The van der Waals surface area contributed by atoms with Crippen molar-refractivity contribution < 1.29 is 87.2 Å². The van der Waals surface area contributed by atoms with Crippen LogP contribution in [0.25, 0.3) is 0 Å². The van der Waals surface area contributed by atoms with E-state index < -0.39 is 133 Å². The minimum Gasteiger partial charge on any atom is -0.462 e. The number of Topliss-reactive ketones (excluding diaryl/α,β-unsaturated/α-hetero) is 1. The van der Waals surface area contributed by atoms with Gasteiger partial charge in [-0.05, 0) is 96.8 Å². The minimum absolute atomic E-state index is 0.0452. The van der Waals surface area contributed by atoms with E-state index >= 15 is 0 Å². The maximum Gasteiger partial charge on any atom is 0.302 e. The lowest BCUT2D eigenvalue weighted by Gasteiger charge is -2.63. The highest BCUT2D eigenvalue weighted by molar-refractivity contribution is 5.87. The molecule has 3 saturated carbocycles. The van der Waals surface area contributed by atoms with E-state index in [4.69, 9.17) is 52.1 Å². The van der Waals surface area contributed by atoms with Crippen molar-refractivity contribution in [1.29, 1.82) is 0 Å². The molecule has 7 fully saturated rings. The number of esters is 1. The Morgan fingerprint density at radius 2 is 1.18 bits per heavy atom. The van der Waals surface area contributed by atoms with Gasteiger partial charge in [-0.2, -0.15) is 0 Å². The fourth-order valence-corrected chi connectivity index (χ4v) is 13.8. The van der Waals surface area contributed by atoms with Gasteiger partial charge in [0.15, 0.2) is 30.9 Å². The highest BCUT2D eigenvalue weighted by Crippen LogP contribution is 2.69. The molecule has 5 N–H and O–H groups in total. The zero-order valence-corrected chi connectivity index (χ0v) is 40.9. The number of fused-ring (bicyclic) bond motifs is 5. The van der Waals surface area contributed by atoms with Crippen molar-refractivity contribution in [3.05, 3.63) is 11.6 Å². The van der Waals surface area contributed by atoms with Gasteiger partial charge in [-0.15, -0.1) is 0 Å². The minimum atomic E-state index is -1.81. The van der Waals surface area contributed by atoms with Crippen LogP contribution in [0.4, 0.5) is 0 Å². The van der Waals surface area contributed by atoms with Crippen LogP contribution in [0.1, 0.15) is 126 Å².